The fourth-order valence-electron chi connectivity index (χ4n) is 3.97. The molecule has 1 amide bonds. The van der Waals surface area contributed by atoms with Gasteiger partial charge in [-0.1, -0.05) is 29.8 Å². The summed E-state index contributed by atoms with van der Waals surface area (Å²) in [5.41, 5.74) is 3.22. The first-order chi connectivity index (χ1) is 15.9. The maximum absolute atomic E-state index is 12.9. The fraction of sp³-hybridized carbons (Fsp3) is 0.320. The van der Waals surface area contributed by atoms with Crippen molar-refractivity contribution in [3.05, 3.63) is 92.9 Å². The first kappa shape index (κ1) is 22.5. The van der Waals surface area contributed by atoms with Crippen molar-refractivity contribution in [1.82, 2.24) is 9.80 Å². The third kappa shape index (κ3) is 5.59. The molecule has 33 heavy (non-hydrogen) atoms. The molecule has 0 radical (unpaired) electrons. The average Bonchev–Trinajstić information content (AvgIpc) is 3.28. The van der Waals surface area contributed by atoms with Crippen LogP contribution in [-0.2, 0) is 13.2 Å². The van der Waals surface area contributed by atoms with E-state index in [0.29, 0.717) is 44.2 Å². The summed E-state index contributed by atoms with van der Waals surface area (Å²) in [5, 5.41) is 11.0. The zero-order valence-corrected chi connectivity index (χ0v) is 18.8. The summed E-state index contributed by atoms with van der Waals surface area (Å²) in [6, 6.07) is 16.1. The molecule has 0 bridgehead atoms. The molecule has 0 spiro atoms. The van der Waals surface area contributed by atoms with Crippen LogP contribution in [0.1, 0.15) is 33.0 Å². The predicted molar refractivity (Wildman–Crippen MR) is 123 cm³/mol. The first-order valence-corrected chi connectivity index (χ1v) is 10.9. The van der Waals surface area contributed by atoms with Crippen LogP contribution in [-0.4, -0.2) is 46.8 Å². The molecule has 0 unspecified atom stereocenters. The highest BCUT2D eigenvalue weighted by Gasteiger charge is 2.24. The van der Waals surface area contributed by atoms with Gasteiger partial charge in [-0.3, -0.25) is 19.8 Å². The van der Waals surface area contributed by atoms with E-state index in [1.54, 1.807) is 29.2 Å². The normalized spacial score (nSPS) is 14.3. The molecule has 1 aliphatic heterocycles. The lowest BCUT2D eigenvalue weighted by molar-refractivity contribution is -0.384. The number of rotatable bonds is 7. The molecule has 0 aliphatic carbocycles. The highest BCUT2D eigenvalue weighted by atomic mass is 16.6. The fourth-order valence-corrected chi connectivity index (χ4v) is 3.97. The third-order valence-electron chi connectivity index (χ3n) is 5.76. The lowest BCUT2D eigenvalue weighted by atomic mass is 10.1. The molecule has 1 fully saturated rings. The Kier molecular flexibility index (Phi) is 6.74. The molecule has 1 aliphatic rings. The van der Waals surface area contributed by atoms with Crippen LogP contribution in [0.25, 0.3) is 0 Å². The molecule has 0 atom stereocenters. The second-order valence-electron chi connectivity index (χ2n) is 8.32. The SMILES string of the molecule is Cc1ccc(OCc2ccc(C(=O)N3CCN(Cc4cccc([N+](=O)[O-])c4)CC3)o2)c(C)c1. The van der Waals surface area contributed by atoms with Gasteiger partial charge in [0, 0.05) is 44.9 Å². The number of hydrogen-bond donors (Lipinski definition) is 0. The molecule has 172 valence electrons. The third-order valence-corrected chi connectivity index (χ3v) is 5.76. The van der Waals surface area contributed by atoms with Gasteiger partial charge in [0.05, 0.1) is 4.92 Å². The molecule has 0 N–H and O–H groups in total. The van der Waals surface area contributed by atoms with Crippen molar-refractivity contribution in [3.63, 3.8) is 0 Å². The van der Waals surface area contributed by atoms with Gasteiger partial charge in [0.1, 0.15) is 18.1 Å². The Morgan fingerprint density at radius 2 is 1.85 bits per heavy atom. The van der Waals surface area contributed by atoms with E-state index in [0.717, 1.165) is 16.9 Å². The van der Waals surface area contributed by atoms with E-state index in [2.05, 4.69) is 11.0 Å². The number of piperazine rings is 1. The van der Waals surface area contributed by atoms with E-state index in [-0.39, 0.29) is 23.1 Å². The molecule has 0 saturated carbocycles. The monoisotopic (exact) mass is 449 g/mol. The van der Waals surface area contributed by atoms with E-state index in [1.165, 1.54) is 11.6 Å². The summed E-state index contributed by atoms with van der Waals surface area (Å²) in [4.78, 5) is 27.4. The minimum atomic E-state index is -0.384. The number of furan rings is 1. The zero-order chi connectivity index (χ0) is 23.4. The number of aryl methyl sites for hydroxylation is 2. The summed E-state index contributed by atoms with van der Waals surface area (Å²) in [7, 11) is 0. The van der Waals surface area contributed by atoms with Crippen molar-refractivity contribution in [1.29, 1.82) is 0 Å². The van der Waals surface area contributed by atoms with Gasteiger partial charge in [0.15, 0.2) is 5.76 Å². The Bertz CT molecular complexity index is 1150. The van der Waals surface area contributed by atoms with Crippen molar-refractivity contribution in [2.24, 2.45) is 0 Å². The Labute approximate surface area is 192 Å². The lowest BCUT2D eigenvalue weighted by Crippen LogP contribution is -2.48. The summed E-state index contributed by atoms with van der Waals surface area (Å²) >= 11 is 0. The van der Waals surface area contributed by atoms with Crippen molar-refractivity contribution >= 4 is 11.6 Å². The highest BCUT2D eigenvalue weighted by molar-refractivity contribution is 5.91. The number of amides is 1. The smallest absolute Gasteiger partial charge is 0.289 e. The molecule has 4 rings (SSSR count). The Hall–Kier alpha value is -3.65. The molecule has 1 aromatic heterocycles. The van der Waals surface area contributed by atoms with Gasteiger partial charge >= 0.3 is 0 Å². The standard InChI is InChI=1S/C25H27N3O5/c1-18-6-8-23(19(2)14-18)32-17-22-7-9-24(33-22)25(29)27-12-10-26(11-13-27)16-20-4-3-5-21(15-20)28(30)31/h3-9,14-15H,10-13,16-17H2,1-2H3. The van der Waals surface area contributed by atoms with Gasteiger partial charge < -0.3 is 14.1 Å². The quantitative estimate of drug-likeness (QED) is 0.394. The van der Waals surface area contributed by atoms with Crippen LogP contribution in [0, 0.1) is 24.0 Å². The molecular formula is C25H27N3O5. The number of nitro benzene ring substituents is 1. The number of benzene rings is 2. The van der Waals surface area contributed by atoms with E-state index in [4.69, 9.17) is 9.15 Å². The van der Waals surface area contributed by atoms with E-state index < -0.39 is 0 Å². The summed E-state index contributed by atoms with van der Waals surface area (Å²) in [5.74, 6) is 1.57. The highest BCUT2D eigenvalue weighted by Crippen LogP contribution is 2.21. The van der Waals surface area contributed by atoms with E-state index in [1.807, 2.05) is 32.0 Å². The number of non-ortho nitro benzene ring substituents is 1. The number of ether oxygens (including phenoxy) is 1. The van der Waals surface area contributed by atoms with Gasteiger partial charge in [-0.2, -0.15) is 0 Å². The van der Waals surface area contributed by atoms with Crippen molar-refractivity contribution in [3.8, 4) is 5.75 Å². The topological polar surface area (TPSA) is 89.1 Å². The van der Waals surface area contributed by atoms with Crippen LogP contribution >= 0.6 is 0 Å². The van der Waals surface area contributed by atoms with Crippen LogP contribution in [0.3, 0.4) is 0 Å². The summed E-state index contributed by atoms with van der Waals surface area (Å²) < 4.78 is 11.6. The molecule has 8 heteroatoms. The maximum Gasteiger partial charge on any atom is 0.289 e. The Morgan fingerprint density at radius 3 is 2.58 bits per heavy atom. The van der Waals surface area contributed by atoms with Gasteiger partial charge in [0.25, 0.3) is 11.6 Å². The van der Waals surface area contributed by atoms with Crippen molar-refractivity contribution < 1.29 is 18.9 Å². The summed E-state index contributed by atoms with van der Waals surface area (Å²) in [6.45, 7) is 7.44. The van der Waals surface area contributed by atoms with Crippen LogP contribution in [0.2, 0.25) is 0 Å². The van der Waals surface area contributed by atoms with Gasteiger partial charge in [-0.25, -0.2) is 0 Å². The number of nitrogens with zero attached hydrogens (tertiary/aromatic N) is 3. The van der Waals surface area contributed by atoms with Crippen LogP contribution in [0.15, 0.2) is 59.0 Å². The van der Waals surface area contributed by atoms with Gasteiger partial charge in [-0.05, 0) is 43.2 Å². The van der Waals surface area contributed by atoms with Crippen LogP contribution in [0.4, 0.5) is 5.69 Å². The van der Waals surface area contributed by atoms with Gasteiger partial charge in [-0.15, -0.1) is 0 Å². The number of carbonyl (C=O) groups excluding carboxylic acids is 1. The van der Waals surface area contributed by atoms with Crippen LogP contribution < -0.4 is 4.74 Å². The predicted octanol–water partition coefficient (Wildman–Crippen LogP) is 4.34. The zero-order valence-electron chi connectivity index (χ0n) is 18.8. The molecule has 1 saturated heterocycles. The second-order valence-corrected chi connectivity index (χ2v) is 8.32. The van der Waals surface area contributed by atoms with Gasteiger partial charge in [0.2, 0.25) is 0 Å². The average molecular weight is 450 g/mol. The van der Waals surface area contributed by atoms with Crippen molar-refractivity contribution in [2.75, 3.05) is 26.2 Å². The number of carbonyl (C=O) groups is 1. The van der Waals surface area contributed by atoms with Crippen molar-refractivity contribution in [2.45, 2.75) is 27.0 Å². The second kappa shape index (κ2) is 9.87. The summed E-state index contributed by atoms with van der Waals surface area (Å²) in [6.07, 6.45) is 0. The molecule has 2 heterocycles. The Morgan fingerprint density at radius 1 is 1.06 bits per heavy atom. The van der Waals surface area contributed by atoms with E-state index in [9.17, 15) is 14.9 Å². The van der Waals surface area contributed by atoms with E-state index >= 15 is 0 Å². The minimum absolute atomic E-state index is 0.0939. The minimum Gasteiger partial charge on any atom is -0.485 e. The maximum atomic E-state index is 12.9. The number of hydrogen-bond acceptors (Lipinski definition) is 6. The van der Waals surface area contributed by atoms with Crippen LogP contribution in [0.5, 0.6) is 5.75 Å². The lowest BCUT2D eigenvalue weighted by Gasteiger charge is -2.34. The molecule has 8 nitrogen and oxygen atoms in total. The largest absolute Gasteiger partial charge is 0.485 e. The molecule has 2 aromatic carbocycles. The Balaban J connectivity index is 1.29. The molecular weight excluding hydrogens is 422 g/mol. The molecule has 3 aromatic rings. The first-order valence-electron chi connectivity index (χ1n) is 10.9. The number of nitro groups is 1.